The van der Waals surface area contributed by atoms with Crippen molar-refractivity contribution < 1.29 is 27.1 Å². The fourth-order valence-electron chi connectivity index (χ4n) is 12.5. The molecular weight excluding hydrogens is 1010 g/mol. The van der Waals surface area contributed by atoms with Crippen LogP contribution in [0.25, 0.3) is 0 Å². The fraction of sp³-hybridized carbons (Fsp3) is 0.831. The first-order valence-corrected chi connectivity index (χ1v) is 36.8. The minimum absolute atomic E-state index is 0.182. The van der Waals surface area contributed by atoms with E-state index in [1.807, 2.05) is 0 Å². The Labute approximate surface area is 492 Å². The van der Waals surface area contributed by atoms with Gasteiger partial charge in [0.05, 0.1) is 25.4 Å². The van der Waals surface area contributed by atoms with Crippen molar-refractivity contribution in [1.82, 2.24) is 0 Å². The number of aryl methyl sites for hydroxylation is 2. The third-order valence-corrected chi connectivity index (χ3v) is 20.6. The average Bonchev–Trinajstić information content (AvgIpc) is 3.47. The Bertz CT molecular complexity index is 1520. The third-order valence-electron chi connectivity index (χ3n) is 18.2. The van der Waals surface area contributed by atoms with E-state index in [-0.39, 0.29) is 17.6 Å². The summed E-state index contributed by atoms with van der Waals surface area (Å²) in [5, 5.41) is 0. The van der Waals surface area contributed by atoms with Crippen LogP contribution in [0.4, 0.5) is 0 Å². The van der Waals surface area contributed by atoms with E-state index < -0.39 is 17.2 Å². The molecule has 79 heavy (non-hydrogen) atoms. The van der Waals surface area contributed by atoms with Crippen LogP contribution in [0.2, 0.25) is 0 Å². The van der Waals surface area contributed by atoms with Crippen LogP contribution in [-0.2, 0) is 30.9 Å². The molecule has 2 saturated carbocycles. The minimum Gasteiger partial charge on any atom is -0.427 e. The molecule has 2 aliphatic rings. The molecule has 456 valence electrons. The van der Waals surface area contributed by atoms with E-state index in [2.05, 4.69) is 90.1 Å². The van der Waals surface area contributed by atoms with Gasteiger partial charge in [0, 0.05) is 0 Å². The molecule has 4 rings (SSSR count). The van der Waals surface area contributed by atoms with Gasteiger partial charge in [0.15, 0.2) is 0 Å². The number of hydrogen-bond donors (Lipinski definition) is 0. The van der Waals surface area contributed by atoms with Crippen LogP contribution in [0.3, 0.4) is 0 Å². The Morgan fingerprint density at radius 1 is 0.329 bits per heavy atom. The smallest absolute Gasteiger partial charge is 0.397 e. The van der Waals surface area contributed by atoms with Crippen LogP contribution in [-0.4, -0.2) is 25.4 Å². The summed E-state index contributed by atoms with van der Waals surface area (Å²) in [6.45, 7) is 15.7. The van der Waals surface area contributed by atoms with Crippen LogP contribution in [0.5, 0.6) is 11.5 Å². The Balaban J connectivity index is 1.23. The molecule has 8 heteroatoms. The van der Waals surface area contributed by atoms with E-state index in [0.717, 1.165) is 62.9 Å². The van der Waals surface area contributed by atoms with Gasteiger partial charge in [0.2, 0.25) is 0 Å². The highest BCUT2D eigenvalue weighted by atomic mass is 31.2. The molecule has 0 N–H and O–H groups in total. The quantitative estimate of drug-likeness (QED) is 0.0486. The summed E-state index contributed by atoms with van der Waals surface area (Å²) >= 11 is 0. The summed E-state index contributed by atoms with van der Waals surface area (Å²) in [4.78, 5) is 0. The van der Waals surface area contributed by atoms with Gasteiger partial charge in [-0.25, -0.2) is 0 Å². The largest absolute Gasteiger partial charge is 0.427 e. The summed E-state index contributed by atoms with van der Waals surface area (Å²) < 4.78 is 39.9. The number of rotatable bonds is 52. The van der Waals surface area contributed by atoms with E-state index in [1.165, 1.54) is 255 Å². The van der Waals surface area contributed by atoms with Crippen LogP contribution in [0.1, 0.15) is 335 Å². The van der Waals surface area contributed by atoms with Gasteiger partial charge in [-0.2, -0.15) is 0 Å². The van der Waals surface area contributed by atoms with E-state index in [0.29, 0.717) is 25.0 Å². The molecule has 0 amide bonds. The van der Waals surface area contributed by atoms with Crippen molar-refractivity contribution in [2.45, 2.75) is 349 Å². The SMILES string of the molecule is CCCCCCCCCCCOP(Oc1ccc(CCCCCCCCCCC)cc1)OC1CCC(C(C)(C)C2CCC(OP(OCCCCCCCCCCC)Oc3ccc(CCCCCCCCCCC)cc3)CC2)CC1. The zero-order valence-electron chi connectivity index (χ0n) is 52.7. The fourth-order valence-corrected chi connectivity index (χ4v) is 14.9. The van der Waals surface area contributed by atoms with E-state index >= 15 is 0 Å². The van der Waals surface area contributed by atoms with Gasteiger partial charge in [0.25, 0.3) is 0 Å². The van der Waals surface area contributed by atoms with Gasteiger partial charge in [0.1, 0.15) is 11.5 Å². The highest BCUT2D eigenvalue weighted by Gasteiger charge is 2.42. The van der Waals surface area contributed by atoms with Crippen molar-refractivity contribution in [3.05, 3.63) is 59.7 Å². The highest BCUT2D eigenvalue weighted by molar-refractivity contribution is 7.42. The third kappa shape index (κ3) is 33.7. The first-order chi connectivity index (χ1) is 38.8. The van der Waals surface area contributed by atoms with Crippen molar-refractivity contribution in [2.24, 2.45) is 17.3 Å². The first-order valence-electron chi connectivity index (χ1n) is 34.6. The van der Waals surface area contributed by atoms with Crippen molar-refractivity contribution in [2.75, 3.05) is 13.2 Å². The normalized spacial score (nSPS) is 18.7. The number of unbranched alkanes of at least 4 members (excludes halogenated alkanes) is 32. The lowest BCUT2D eigenvalue weighted by Gasteiger charge is -2.46. The predicted octanol–water partition coefficient (Wildman–Crippen LogP) is 25.0. The van der Waals surface area contributed by atoms with Crippen molar-refractivity contribution in [3.63, 3.8) is 0 Å². The van der Waals surface area contributed by atoms with Crippen LogP contribution in [0, 0.1) is 17.3 Å². The molecule has 0 heterocycles. The monoisotopic (exact) mass is 1140 g/mol. The van der Waals surface area contributed by atoms with Gasteiger partial charge in [-0.15, -0.1) is 0 Å². The molecule has 0 radical (unpaired) electrons. The number of hydrogen-bond acceptors (Lipinski definition) is 6. The molecule has 2 atom stereocenters. The minimum atomic E-state index is -1.46. The maximum Gasteiger partial charge on any atom is 0.397 e. The molecule has 2 unspecified atom stereocenters. The molecule has 2 aromatic rings. The molecular formula is C71H126O6P2. The summed E-state index contributed by atoms with van der Waals surface area (Å²) in [7, 11) is -2.93. The van der Waals surface area contributed by atoms with Crippen LogP contribution in [0.15, 0.2) is 48.5 Å². The molecule has 2 aliphatic carbocycles. The molecule has 2 fully saturated rings. The van der Waals surface area contributed by atoms with Crippen molar-refractivity contribution >= 4 is 17.2 Å². The van der Waals surface area contributed by atoms with Crippen molar-refractivity contribution in [3.8, 4) is 11.5 Å². The van der Waals surface area contributed by atoms with Gasteiger partial charge < -0.3 is 18.1 Å². The molecule has 6 nitrogen and oxygen atoms in total. The lowest BCUT2D eigenvalue weighted by molar-refractivity contribution is 0.00601. The zero-order valence-corrected chi connectivity index (χ0v) is 54.5. The summed E-state index contributed by atoms with van der Waals surface area (Å²) in [5.41, 5.74) is 3.08. The van der Waals surface area contributed by atoms with Crippen LogP contribution >= 0.6 is 17.2 Å². The molecule has 2 aromatic carbocycles. The first kappa shape index (κ1) is 70.2. The van der Waals surface area contributed by atoms with E-state index in [4.69, 9.17) is 27.1 Å². The zero-order chi connectivity index (χ0) is 56.1. The van der Waals surface area contributed by atoms with Gasteiger partial charge in [-0.05, 0) is 143 Å². The van der Waals surface area contributed by atoms with E-state index in [1.54, 1.807) is 0 Å². The van der Waals surface area contributed by atoms with Crippen molar-refractivity contribution in [1.29, 1.82) is 0 Å². The van der Waals surface area contributed by atoms with Gasteiger partial charge in [-0.1, -0.05) is 271 Å². The average molecular weight is 1140 g/mol. The molecule has 0 saturated heterocycles. The standard InChI is InChI=1S/C71H126O6P2/c1-7-11-15-19-23-27-31-35-39-43-63-45-53-67(54-46-63)74-78(72-61-41-37-33-29-25-21-17-13-9-3)76-69-57-49-65(50-58-69)71(5,6)66-51-59-70(60-52-66)77-79(73-62-42-38-34-30-26-22-18-14-10-4)75-68-55-47-64(48-56-68)44-40-36-32-28-24-20-16-12-8-2/h45-48,53-56,65-66,69-70H,7-44,49-52,57-62H2,1-6H3. The Morgan fingerprint density at radius 3 is 0.861 bits per heavy atom. The lowest BCUT2D eigenvalue weighted by Crippen LogP contribution is -2.38. The topological polar surface area (TPSA) is 55.4 Å². The second kappa shape index (κ2) is 47.0. The number of benzene rings is 2. The summed E-state index contributed by atoms with van der Waals surface area (Å²) in [5.74, 6) is 3.13. The predicted molar refractivity (Wildman–Crippen MR) is 344 cm³/mol. The van der Waals surface area contributed by atoms with Gasteiger partial charge >= 0.3 is 17.2 Å². The highest BCUT2D eigenvalue weighted by Crippen LogP contribution is 2.53. The lowest BCUT2D eigenvalue weighted by atomic mass is 9.60. The molecule has 0 spiro atoms. The summed E-state index contributed by atoms with van der Waals surface area (Å²) in [6.07, 6.45) is 59.8. The van der Waals surface area contributed by atoms with E-state index in [9.17, 15) is 0 Å². The van der Waals surface area contributed by atoms with Gasteiger partial charge in [-0.3, -0.25) is 9.05 Å². The Morgan fingerprint density at radius 2 is 0.582 bits per heavy atom. The second-order valence-electron chi connectivity index (χ2n) is 25.4. The maximum atomic E-state index is 6.84. The summed E-state index contributed by atoms with van der Waals surface area (Å²) in [6, 6.07) is 17.7. The molecule has 0 aliphatic heterocycles. The molecule has 0 bridgehead atoms. The Hall–Kier alpha value is -1.26. The molecule has 0 aromatic heterocycles. The maximum absolute atomic E-state index is 6.84. The van der Waals surface area contributed by atoms with Crippen LogP contribution < -0.4 is 9.05 Å². The second-order valence-corrected chi connectivity index (χ2v) is 27.6. The Kier molecular flexibility index (Phi) is 41.8.